The Morgan fingerprint density at radius 2 is 1.88 bits per heavy atom. The van der Waals surface area contributed by atoms with E-state index in [9.17, 15) is 5.11 Å². The zero-order valence-electron chi connectivity index (χ0n) is 10.8. The van der Waals surface area contributed by atoms with Gasteiger partial charge in [0.2, 0.25) is 0 Å². The van der Waals surface area contributed by atoms with Crippen LogP contribution in [-0.4, -0.2) is 35.7 Å². The Morgan fingerprint density at radius 3 is 2.41 bits per heavy atom. The second-order valence-corrected chi connectivity index (χ2v) is 5.48. The molecule has 0 amide bonds. The molecule has 1 fully saturated rings. The molecule has 1 heterocycles. The number of aliphatic hydroxyl groups excluding tert-OH is 1. The molecule has 0 radical (unpaired) electrons. The van der Waals surface area contributed by atoms with E-state index in [2.05, 4.69) is 43.0 Å². The van der Waals surface area contributed by atoms with Crippen LogP contribution in [0.3, 0.4) is 0 Å². The lowest BCUT2D eigenvalue weighted by molar-refractivity contribution is 0.00513. The third-order valence-electron chi connectivity index (χ3n) is 3.92. The molecule has 0 bridgehead atoms. The third-order valence-corrected chi connectivity index (χ3v) is 3.92. The lowest BCUT2D eigenvalue weighted by Gasteiger charge is -2.45. The van der Waals surface area contributed by atoms with Crippen LogP contribution >= 0.6 is 0 Å². The van der Waals surface area contributed by atoms with E-state index in [1.54, 1.807) is 0 Å². The van der Waals surface area contributed by atoms with Crippen LogP contribution in [0, 0.1) is 11.8 Å². The van der Waals surface area contributed by atoms with Crippen molar-refractivity contribution in [2.75, 3.05) is 19.7 Å². The van der Waals surface area contributed by atoms with Gasteiger partial charge in [-0.3, -0.25) is 4.90 Å². The summed E-state index contributed by atoms with van der Waals surface area (Å²) in [5, 5.41) is 9.51. The molecule has 0 unspecified atom stereocenters. The van der Waals surface area contributed by atoms with E-state index < -0.39 is 0 Å². The highest BCUT2D eigenvalue weighted by Crippen LogP contribution is 2.26. The Kier molecular flexibility index (Phi) is 4.19. The molecule has 1 saturated heterocycles. The topological polar surface area (TPSA) is 23.5 Å². The van der Waals surface area contributed by atoms with Crippen molar-refractivity contribution in [1.82, 2.24) is 4.90 Å². The average Bonchev–Trinajstić information content (AvgIpc) is 2.26. The summed E-state index contributed by atoms with van der Waals surface area (Å²) in [5.41, 5.74) is 1.32. The number of hydrogen-bond donors (Lipinski definition) is 1. The van der Waals surface area contributed by atoms with Gasteiger partial charge in [0, 0.05) is 19.1 Å². The number of nitrogens with zero attached hydrogens (tertiary/aromatic N) is 1. The van der Waals surface area contributed by atoms with Crippen LogP contribution < -0.4 is 0 Å². The predicted molar refractivity (Wildman–Crippen MR) is 70.9 cm³/mol. The molecule has 1 aliphatic heterocycles. The Bertz CT molecular complexity index is 330. The average molecular weight is 233 g/mol. The predicted octanol–water partition coefficient (Wildman–Crippen LogP) is 2.18. The zero-order chi connectivity index (χ0) is 12.3. The Labute approximate surface area is 104 Å². The highest BCUT2D eigenvalue weighted by molar-refractivity contribution is 5.16. The molecule has 94 valence electrons. The lowest BCUT2D eigenvalue weighted by atomic mass is 9.86. The molecule has 0 aromatic heterocycles. The minimum absolute atomic E-state index is 0.264. The van der Waals surface area contributed by atoms with E-state index in [1.807, 2.05) is 6.07 Å². The molecule has 0 saturated carbocycles. The van der Waals surface area contributed by atoms with Crippen LogP contribution in [-0.2, 0) is 6.42 Å². The van der Waals surface area contributed by atoms with Gasteiger partial charge < -0.3 is 5.11 Å². The maximum atomic E-state index is 9.51. The molecular formula is C15H23NO. The standard InChI is InChI=1S/C15H23NO/c1-12(2)14-9-16(10-14)15(11-17)8-13-6-4-3-5-7-13/h3-7,12,14-15,17H,8-11H2,1-2H3/t15-/m1/s1. The summed E-state index contributed by atoms with van der Waals surface area (Å²) in [5.74, 6) is 1.59. The molecule has 1 atom stereocenters. The van der Waals surface area contributed by atoms with Gasteiger partial charge in [-0.05, 0) is 23.8 Å². The van der Waals surface area contributed by atoms with Gasteiger partial charge in [-0.1, -0.05) is 44.2 Å². The van der Waals surface area contributed by atoms with Crippen molar-refractivity contribution >= 4 is 0 Å². The van der Waals surface area contributed by atoms with Crippen LogP contribution in [0.15, 0.2) is 30.3 Å². The van der Waals surface area contributed by atoms with Gasteiger partial charge in [0.05, 0.1) is 6.61 Å². The number of benzene rings is 1. The fourth-order valence-electron chi connectivity index (χ4n) is 2.46. The van der Waals surface area contributed by atoms with Crippen molar-refractivity contribution in [3.63, 3.8) is 0 Å². The highest BCUT2D eigenvalue weighted by atomic mass is 16.3. The quantitative estimate of drug-likeness (QED) is 0.842. The van der Waals surface area contributed by atoms with Gasteiger partial charge in [-0.25, -0.2) is 0 Å². The van der Waals surface area contributed by atoms with Crippen molar-refractivity contribution in [1.29, 1.82) is 0 Å². The molecule has 0 aliphatic carbocycles. The van der Waals surface area contributed by atoms with Gasteiger partial charge in [0.15, 0.2) is 0 Å². The summed E-state index contributed by atoms with van der Waals surface area (Å²) in [7, 11) is 0. The molecule has 2 rings (SSSR count). The smallest absolute Gasteiger partial charge is 0.0590 e. The molecular weight excluding hydrogens is 210 g/mol. The second-order valence-electron chi connectivity index (χ2n) is 5.48. The molecule has 1 aromatic rings. The number of aliphatic hydroxyl groups is 1. The summed E-state index contributed by atoms with van der Waals surface area (Å²) >= 11 is 0. The van der Waals surface area contributed by atoms with E-state index >= 15 is 0 Å². The van der Waals surface area contributed by atoms with E-state index in [4.69, 9.17) is 0 Å². The molecule has 1 aromatic carbocycles. The first-order valence-electron chi connectivity index (χ1n) is 6.59. The maximum absolute atomic E-state index is 9.51. The Balaban J connectivity index is 1.87. The van der Waals surface area contributed by atoms with E-state index in [-0.39, 0.29) is 6.61 Å². The minimum atomic E-state index is 0.264. The number of likely N-dealkylation sites (tertiary alicyclic amines) is 1. The van der Waals surface area contributed by atoms with Crippen LogP contribution in [0.4, 0.5) is 0 Å². The molecule has 0 spiro atoms. The minimum Gasteiger partial charge on any atom is -0.395 e. The van der Waals surface area contributed by atoms with E-state index in [0.717, 1.165) is 31.3 Å². The van der Waals surface area contributed by atoms with Gasteiger partial charge in [-0.2, -0.15) is 0 Å². The second kappa shape index (κ2) is 5.65. The van der Waals surface area contributed by atoms with Crippen molar-refractivity contribution in [2.24, 2.45) is 11.8 Å². The summed E-state index contributed by atoms with van der Waals surface area (Å²) in [6.07, 6.45) is 0.960. The van der Waals surface area contributed by atoms with Gasteiger partial charge in [0.25, 0.3) is 0 Å². The number of hydrogen-bond acceptors (Lipinski definition) is 2. The van der Waals surface area contributed by atoms with Crippen molar-refractivity contribution in [3.05, 3.63) is 35.9 Å². The van der Waals surface area contributed by atoms with Crippen LogP contribution in [0.5, 0.6) is 0 Å². The zero-order valence-corrected chi connectivity index (χ0v) is 10.8. The largest absolute Gasteiger partial charge is 0.395 e. The van der Waals surface area contributed by atoms with Crippen molar-refractivity contribution < 1.29 is 5.11 Å². The van der Waals surface area contributed by atoms with Crippen LogP contribution in [0.25, 0.3) is 0 Å². The van der Waals surface area contributed by atoms with Gasteiger partial charge in [0.1, 0.15) is 0 Å². The fraction of sp³-hybridized carbons (Fsp3) is 0.600. The highest BCUT2D eigenvalue weighted by Gasteiger charge is 2.33. The van der Waals surface area contributed by atoms with Crippen LogP contribution in [0.1, 0.15) is 19.4 Å². The molecule has 2 heteroatoms. The van der Waals surface area contributed by atoms with E-state index in [1.165, 1.54) is 5.56 Å². The Morgan fingerprint density at radius 1 is 1.24 bits per heavy atom. The van der Waals surface area contributed by atoms with Gasteiger partial charge >= 0.3 is 0 Å². The van der Waals surface area contributed by atoms with Crippen molar-refractivity contribution in [2.45, 2.75) is 26.3 Å². The first-order valence-corrected chi connectivity index (χ1v) is 6.59. The summed E-state index contributed by atoms with van der Waals surface area (Å²) in [6, 6.07) is 10.8. The number of rotatable bonds is 5. The normalized spacial score (nSPS) is 19.3. The molecule has 17 heavy (non-hydrogen) atoms. The molecule has 1 N–H and O–H groups in total. The fourth-order valence-corrected chi connectivity index (χ4v) is 2.46. The SMILES string of the molecule is CC(C)C1CN([C@@H](CO)Cc2ccccc2)C1. The first-order chi connectivity index (χ1) is 8.20. The van der Waals surface area contributed by atoms with Gasteiger partial charge in [-0.15, -0.1) is 0 Å². The van der Waals surface area contributed by atoms with Crippen molar-refractivity contribution in [3.8, 4) is 0 Å². The third kappa shape index (κ3) is 3.08. The maximum Gasteiger partial charge on any atom is 0.0590 e. The monoisotopic (exact) mass is 233 g/mol. The first kappa shape index (κ1) is 12.6. The summed E-state index contributed by atoms with van der Waals surface area (Å²) in [4.78, 5) is 2.41. The van der Waals surface area contributed by atoms with E-state index in [0.29, 0.717) is 6.04 Å². The molecule has 1 aliphatic rings. The lowest BCUT2D eigenvalue weighted by Crippen LogP contribution is -2.55. The summed E-state index contributed by atoms with van der Waals surface area (Å²) in [6.45, 7) is 7.13. The molecule has 2 nitrogen and oxygen atoms in total. The summed E-state index contributed by atoms with van der Waals surface area (Å²) < 4.78 is 0. The van der Waals surface area contributed by atoms with Crippen LogP contribution in [0.2, 0.25) is 0 Å². The Hall–Kier alpha value is -0.860.